The molecule has 2 rings (SSSR count). The van der Waals surface area contributed by atoms with E-state index in [2.05, 4.69) is 5.32 Å². The van der Waals surface area contributed by atoms with Crippen LogP contribution < -0.4 is 10.2 Å². The molecule has 1 aromatic carbocycles. The standard InChI is InChI=1S/C18H28N4O4S/c1-14-5-6-16(11-15(14)2)27(25,26)22-9-7-21(8-10-22)13-18(24)20(4)12-17(23)19-3/h5-6,11H,7-10,12-13H2,1-4H3,(H,19,23)/p+1. The fourth-order valence-electron chi connectivity index (χ4n) is 2.97. The molecule has 0 atom stereocenters. The van der Waals surface area contributed by atoms with Crippen molar-refractivity contribution in [2.24, 2.45) is 0 Å². The highest BCUT2D eigenvalue weighted by atomic mass is 32.2. The van der Waals surface area contributed by atoms with E-state index in [4.69, 9.17) is 0 Å². The number of sulfonamides is 1. The number of likely N-dealkylation sites (N-methyl/N-ethyl adjacent to an activating group) is 2. The largest absolute Gasteiger partial charge is 0.358 e. The number of aryl methyl sites for hydroxylation is 2. The Morgan fingerprint density at radius 2 is 1.81 bits per heavy atom. The Hall–Kier alpha value is -1.97. The lowest BCUT2D eigenvalue weighted by Crippen LogP contribution is -3.15. The highest BCUT2D eigenvalue weighted by molar-refractivity contribution is 7.89. The number of quaternary nitrogens is 1. The van der Waals surface area contributed by atoms with Crippen LogP contribution in [0.2, 0.25) is 0 Å². The van der Waals surface area contributed by atoms with Gasteiger partial charge in [-0.1, -0.05) is 6.07 Å². The molecule has 1 saturated heterocycles. The van der Waals surface area contributed by atoms with E-state index in [0.717, 1.165) is 16.0 Å². The molecule has 0 aromatic heterocycles. The Kier molecular flexibility index (Phi) is 6.96. The number of amides is 2. The molecule has 2 N–H and O–H groups in total. The number of rotatable bonds is 6. The molecule has 1 aromatic rings. The zero-order valence-electron chi connectivity index (χ0n) is 16.4. The van der Waals surface area contributed by atoms with Gasteiger partial charge in [0.05, 0.1) is 37.6 Å². The van der Waals surface area contributed by atoms with Crippen molar-refractivity contribution in [2.45, 2.75) is 18.7 Å². The van der Waals surface area contributed by atoms with E-state index < -0.39 is 10.0 Å². The number of nitrogens with zero attached hydrogens (tertiary/aromatic N) is 2. The number of hydrogen-bond donors (Lipinski definition) is 2. The summed E-state index contributed by atoms with van der Waals surface area (Å²) in [4.78, 5) is 26.3. The van der Waals surface area contributed by atoms with Gasteiger partial charge < -0.3 is 15.1 Å². The van der Waals surface area contributed by atoms with Gasteiger partial charge in [0.15, 0.2) is 6.54 Å². The maximum atomic E-state index is 12.8. The molecule has 0 bridgehead atoms. The third-order valence-corrected chi connectivity index (χ3v) is 6.93. The summed E-state index contributed by atoms with van der Waals surface area (Å²) in [7, 11) is -0.394. The van der Waals surface area contributed by atoms with E-state index in [1.807, 2.05) is 19.9 Å². The van der Waals surface area contributed by atoms with Crippen LogP contribution in [0, 0.1) is 13.8 Å². The smallest absolute Gasteiger partial charge is 0.277 e. The first-order chi connectivity index (χ1) is 12.6. The SMILES string of the molecule is CNC(=O)CN(C)C(=O)C[NH+]1CCN(S(=O)(=O)c2ccc(C)c(C)c2)CC1. The molecule has 0 spiro atoms. The Balaban J connectivity index is 1.93. The summed E-state index contributed by atoms with van der Waals surface area (Å²) < 4.78 is 27.2. The lowest BCUT2D eigenvalue weighted by molar-refractivity contribution is -0.895. The molecule has 1 aliphatic rings. The number of piperazine rings is 1. The Bertz CT molecular complexity index is 802. The maximum absolute atomic E-state index is 12.8. The Morgan fingerprint density at radius 3 is 2.37 bits per heavy atom. The van der Waals surface area contributed by atoms with Gasteiger partial charge >= 0.3 is 0 Å². The zero-order chi connectivity index (χ0) is 20.2. The molecule has 1 heterocycles. The van der Waals surface area contributed by atoms with Crippen molar-refractivity contribution in [3.63, 3.8) is 0 Å². The lowest BCUT2D eigenvalue weighted by Gasteiger charge is -2.32. The van der Waals surface area contributed by atoms with Gasteiger partial charge in [0.25, 0.3) is 5.91 Å². The molecule has 0 radical (unpaired) electrons. The molecule has 27 heavy (non-hydrogen) atoms. The van der Waals surface area contributed by atoms with Crippen molar-refractivity contribution in [1.82, 2.24) is 14.5 Å². The molecule has 8 nitrogen and oxygen atoms in total. The van der Waals surface area contributed by atoms with E-state index >= 15 is 0 Å². The normalized spacial score (nSPS) is 16.1. The first kappa shape index (κ1) is 21.3. The summed E-state index contributed by atoms with van der Waals surface area (Å²) in [5, 5.41) is 2.49. The number of carbonyl (C=O) groups is 2. The molecule has 1 fully saturated rings. The van der Waals surface area contributed by atoms with E-state index in [0.29, 0.717) is 31.1 Å². The van der Waals surface area contributed by atoms with Gasteiger partial charge in [-0.15, -0.1) is 0 Å². The van der Waals surface area contributed by atoms with Crippen LogP contribution in [0.3, 0.4) is 0 Å². The highest BCUT2D eigenvalue weighted by Crippen LogP contribution is 2.19. The predicted molar refractivity (Wildman–Crippen MR) is 102 cm³/mol. The molecule has 150 valence electrons. The summed E-state index contributed by atoms with van der Waals surface area (Å²) in [5.41, 5.74) is 2.01. The fourth-order valence-corrected chi connectivity index (χ4v) is 4.50. The maximum Gasteiger partial charge on any atom is 0.277 e. The monoisotopic (exact) mass is 397 g/mol. The molecule has 1 aliphatic heterocycles. The second kappa shape index (κ2) is 8.81. The molecule has 0 unspecified atom stereocenters. The van der Waals surface area contributed by atoms with Crippen LogP contribution in [0.1, 0.15) is 11.1 Å². The minimum atomic E-state index is -3.52. The van der Waals surface area contributed by atoms with Gasteiger partial charge in [-0.3, -0.25) is 9.59 Å². The van der Waals surface area contributed by atoms with Gasteiger partial charge in [0.1, 0.15) is 0 Å². The first-order valence-electron chi connectivity index (χ1n) is 9.00. The summed E-state index contributed by atoms with van der Waals surface area (Å²) in [6.07, 6.45) is 0. The fraction of sp³-hybridized carbons (Fsp3) is 0.556. The van der Waals surface area contributed by atoms with Crippen molar-refractivity contribution in [3.05, 3.63) is 29.3 Å². The minimum absolute atomic E-state index is 0.0237. The van der Waals surface area contributed by atoms with Gasteiger partial charge in [-0.05, 0) is 37.1 Å². The number of carbonyl (C=O) groups excluding carboxylic acids is 2. The minimum Gasteiger partial charge on any atom is -0.358 e. The first-order valence-corrected chi connectivity index (χ1v) is 10.4. The van der Waals surface area contributed by atoms with Crippen LogP contribution in [0.15, 0.2) is 23.1 Å². The van der Waals surface area contributed by atoms with E-state index in [1.54, 1.807) is 19.2 Å². The molecular weight excluding hydrogens is 368 g/mol. The van der Waals surface area contributed by atoms with Gasteiger partial charge in [0, 0.05) is 14.1 Å². The quantitative estimate of drug-likeness (QED) is 0.605. The van der Waals surface area contributed by atoms with Crippen LogP contribution in [0.5, 0.6) is 0 Å². The van der Waals surface area contributed by atoms with E-state index in [-0.39, 0.29) is 24.9 Å². The summed E-state index contributed by atoms with van der Waals surface area (Å²) in [5.74, 6) is -0.343. The molecular formula is C18H29N4O4S+. The van der Waals surface area contributed by atoms with Crippen molar-refractivity contribution in [1.29, 1.82) is 0 Å². The van der Waals surface area contributed by atoms with Crippen molar-refractivity contribution >= 4 is 21.8 Å². The topological polar surface area (TPSA) is 91.2 Å². The van der Waals surface area contributed by atoms with Gasteiger partial charge in [-0.25, -0.2) is 8.42 Å². The highest BCUT2D eigenvalue weighted by Gasteiger charge is 2.31. The van der Waals surface area contributed by atoms with E-state index in [1.165, 1.54) is 16.3 Å². The number of benzene rings is 1. The van der Waals surface area contributed by atoms with Gasteiger partial charge in [0.2, 0.25) is 15.9 Å². The van der Waals surface area contributed by atoms with Crippen molar-refractivity contribution < 1.29 is 22.9 Å². The van der Waals surface area contributed by atoms with Crippen LogP contribution in [-0.2, 0) is 19.6 Å². The Labute approximate surface area is 161 Å². The third-order valence-electron chi connectivity index (χ3n) is 5.03. The van der Waals surface area contributed by atoms with Crippen LogP contribution in [-0.4, -0.2) is 82.8 Å². The number of hydrogen-bond acceptors (Lipinski definition) is 4. The van der Waals surface area contributed by atoms with Crippen LogP contribution in [0.25, 0.3) is 0 Å². The van der Waals surface area contributed by atoms with Crippen LogP contribution in [0.4, 0.5) is 0 Å². The molecule has 9 heteroatoms. The zero-order valence-corrected chi connectivity index (χ0v) is 17.2. The summed E-state index contributed by atoms with van der Waals surface area (Å²) in [6.45, 7) is 5.99. The van der Waals surface area contributed by atoms with Crippen LogP contribution >= 0.6 is 0 Å². The van der Waals surface area contributed by atoms with E-state index in [9.17, 15) is 18.0 Å². The van der Waals surface area contributed by atoms with Crippen molar-refractivity contribution in [3.8, 4) is 0 Å². The average molecular weight is 398 g/mol. The molecule has 2 amide bonds. The summed E-state index contributed by atoms with van der Waals surface area (Å²) in [6, 6.07) is 5.18. The second-order valence-electron chi connectivity index (χ2n) is 7.00. The molecule has 0 saturated carbocycles. The average Bonchev–Trinajstić information content (AvgIpc) is 2.64. The third kappa shape index (κ3) is 5.27. The number of nitrogens with one attached hydrogen (secondary N) is 2. The predicted octanol–water partition coefficient (Wildman–Crippen LogP) is -1.60. The lowest BCUT2D eigenvalue weighted by atomic mass is 10.1. The van der Waals surface area contributed by atoms with Gasteiger partial charge in [-0.2, -0.15) is 4.31 Å². The Morgan fingerprint density at radius 1 is 1.19 bits per heavy atom. The van der Waals surface area contributed by atoms with Crippen molar-refractivity contribution in [2.75, 3.05) is 53.4 Å². The summed E-state index contributed by atoms with van der Waals surface area (Å²) >= 11 is 0. The molecule has 0 aliphatic carbocycles. The second-order valence-corrected chi connectivity index (χ2v) is 8.94.